The molecule has 1 amide bonds. The highest BCUT2D eigenvalue weighted by molar-refractivity contribution is 9.10. The van der Waals surface area contributed by atoms with Gasteiger partial charge in [0, 0.05) is 42.5 Å². The van der Waals surface area contributed by atoms with Gasteiger partial charge in [0.05, 0.1) is 0 Å². The Balaban J connectivity index is 2.10. The number of hydrogen-bond donors (Lipinski definition) is 1. The van der Waals surface area contributed by atoms with Crippen LogP contribution in [0.5, 0.6) is 0 Å². The highest BCUT2D eigenvalue weighted by Gasteiger charge is 2.21. The zero-order valence-electron chi connectivity index (χ0n) is 12.0. The largest absolute Gasteiger partial charge is 0.398 e. The van der Waals surface area contributed by atoms with E-state index < -0.39 is 0 Å². The molecule has 0 saturated carbocycles. The average Bonchev–Trinajstić information content (AvgIpc) is 2.43. The van der Waals surface area contributed by atoms with Gasteiger partial charge in [0.2, 0.25) is 0 Å². The summed E-state index contributed by atoms with van der Waals surface area (Å²) in [5.74, 6) is 0.560. The number of rotatable bonds is 3. The Hall–Kier alpha value is -1.07. The van der Waals surface area contributed by atoms with Gasteiger partial charge in [0.15, 0.2) is 0 Å². The third-order valence-corrected chi connectivity index (χ3v) is 4.32. The number of nitrogens with zero attached hydrogens (tertiary/aromatic N) is 1. The van der Waals surface area contributed by atoms with Gasteiger partial charge in [-0.05, 0) is 43.4 Å². The number of nitrogens with two attached hydrogens (primary N) is 1. The molecule has 0 unspecified atom stereocenters. The number of hydrogen-bond acceptors (Lipinski definition) is 3. The molecule has 1 aliphatic rings. The maximum absolute atomic E-state index is 12.6. The summed E-state index contributed by atoms with van der Waals surface area (Å²) in [4.78, 5) is 14.4. The summed E-state index contributed by atoms with van der Waals surface area (Å²) in [6.07, 6.45) is 2.05. The van der Waals surface area contributed by atoms with Crippen molar-refractivity contribution in [2.24, 2.45) is 5.92 Å². The summed E-state index contributed by atoms with van der Waals surface area (Å²) in [5.41, 5.74) is 8.08. The van der Waals surface area contributed by atoms with Gasteiger partial charge in [-0.1, -0.05) is 15.9 Å². The van der Waals surface area contributed by atoms with Crippen LogP contribution >= 0.6 is 15.9 Å². The summed E-state index contributed by atoms with van der Waals surface area (Å²) in [7, 11) is 1.86. The Morgan fingerprint density at radius 1 is 1.45 bits per heavy atom. The molecule has 2 rings (SSSR count). The third-order valence-electron chi connectivity index (χ3n) is 3.86. The van der Waals surface area contributed by atoms with E-state index in [1.807, 2.05) is 26.1 Å². The summed E-state index contributed by atoms with van der Waals surface area (Å²) < 4.78 is 6.19. The van der Waals surface area contributed by atoms with Crippen molar-refractivity contribution in [3.8, 4) is 0 Å². The van der Waals surface area contributed by atoms with E-state index in [1.165, 1.54) is 0 Å². The quantitative estimate of drug-likeness (QED) is 0.860. The van der Waals surface area contributed by atoms with Gasteiger partial charge in [-0.15, -0.1) is 0 Å². The van der Waals surface area contributed by atoms with Gasteiger partial charge in [-0.3, -0.25) is 4.79 Å². The molecule has 110 valence electrons. The van der Waals surface area contributed by atoms with Gasteiger partial charge in [-0.2, -0.15) is 0 Å². The number of nitrogen functional groups attached to an aromatic ring is 1. The first kappa shape index (κ1) is 15.3. The lowest BCUT2D eigenvalue weighted by Crippen LogP contribution is -2.34. The van der Waals surface area contributed by atoms with E-state index in [2.05, 4.69) is 15.9 Å². The van der Waals surface area contributed by atoms with E-state index in [9.17, 15) is 4.79 Å². The van der Waals surface area contributed by atoms with Crippen LogP contribution in [0.3, 0.4) is 0 Å². The fraction of sp³-hybridized carbons (Fsp3) is 0.533. The van der Waals surface area contributed by atoms with E-state index in [0.29, 0.717) is 17.2 Å². The Bertz CT molecular complexity index is 499. The van der Waals surface area contributed by atoms with Crippen molar-refractivity contribution >= 4 is 27.5 Å². The smallest absolute Gasteiger partial charge is 0.253 e. The van der Waals surface area contributed by atoms with E-state index in [4.69, 9.17) is 10.5 Å². The van der Waals surface area contributed by atoms with Crippen molar-refractivity contribution in [3.05, 3.63) is 27.7 Å². The summed E-state index contributed by atoms with van der Waals surface area (Å²) >= 11 is 3.40. The predicted molar refractivity (Wildman–Crippen MR) is 83.8 cm³/mol. The molecule has 1 aromatic rings. The lowest BCUT2D eigenvalue weighted by molar-refractivity contribution is 0.0497. The zero-order chi connectivity index (χ0) is 14.7. The van der Waals surface area contributed by atoms with Crippen LogP contribution in [0.4, 0.5) is 5.69 Å². The van der Waals surface area contributed by atoms with Gasteiger partial charge < -0.3 is 15.4 Å². The van der Waals surface area contributed by atoms with Crippen LogP contribution in [0, 0.1) is 12.8 Å². The van der Waals surface area contributed by atoms with E-state index >= 15 is 0 Å². The molecule has 0 aliphatic carbocycles. The van der Waals surface area contributed by atoms with Crippen molar-refractivity contribution in [2.75, 3.05) is 32.5 Å². The van der Waals surface area contributed by atoms with Crippen LogP contribution in [0.1, 0.15) is 28.8 Å². The maximum Gasteiger partial charge on any atom is 0.253 e. The van der Waals surface area contributed by atoms with Crippen LogP contribution < -0.4 is 5.73 Å². The SMILES string of the molecule is Cc1c(N)cc(Br)cc1C(=O)N(C)CC1CCOCC1. The molecule has 1 heterocycles. The standard InChI is InChI=1S/C15H21BrN2O2/c1-10-13(7-12(16)8-14(10)17)15(19)18(2)9-11-3-5-20-6-4-11/h7-8,11H,3-6,9,17H2,1-2H3. The van der Waals surface area contributed by atoms with E-state index in [1.54, 1.807) is 4.90 Å². The van der Waals surface area contributed by atoms with Crippen LogP contribution in [-0.4, -0.2) is 37.6 Å². The molecule has 5 heteroatoms. The fourth-order valence-electron chi connectivity index (χ4n) is 2.53. The number of benzene rings is 1. The predicted octanol–water partition coefficient (Wildman–Crippen LogP) is 2.84. The molecule has 0 bridgehead atoms. The van der Waals surface area contributed by atoms with E-state index in [0.717, 1.165) is 42.6 Å². The van der Waals surface area contributed by atoms with Crippen LogP contribution in [0.2, 0.25) is 0 Å². The molecule has 2 N–H and O–H groups in total. The molecule has 20 heavy (non-hydrogen) atoms. The summed E-state index contributed by atoms with van der Waals surface area (Å²) in [6.45, 7) is 4.26. The second-order valence-corrected chi connectivity index (χ2v) is 6.32. The fourth-order valence-corrected chi connectivity index (χ4v) is 3.00. The molecule has 0 aromatic heterocycles. The molecule has 0 radical (unpaired) electrons. The topological polar surface area (TPSA) is 55.6 Å². The first-order chi connectivity index (χ1) is 9.49. The lowest BCUT2D eigenvalue weighted by atomic mass is 9.99. The lowest BCUT2D eigenvalue weighted by Gasteiger charge is -2.27. The maximum atomic E-state index is 12.6. The first-order valence-corrected chi connectivity index (χ1v) is 7.67. The van der Waals surface area contributed by atoms with Gasteiger partial charge in [-0.25, -0.2) is 0 Å². The highest BCUT2D eigenvalue weighted by Crippen LogP contribution is 2.24. The number of carbonyl (C=O) groups is 1. The molecule has 0 spiro atoms. The minimum Gasteiger partial charge on any atom is -0.398 e. The average molecular weight is 341 g/mol. The van der Waals surface area contributed by atoms with Crippen molar-refractivity contribution in [1.29, 1.82) is 0 Å². The molecule has 1 aliphatic heterocycles. The van der Waals surface area contributed by atoms with E-state index in [-0.39, 0.29) is 5.91 Å². The molecule has 1 saturated heterocycles. The molecule has 4 nitrogen and oxygen atoms in total. The number of halogens is 1. The zero-order valence-corrected chi connectivity index (χ0v) is 13.6. The summed E-state index contributed by atoms with van der Waals surface area (Å²) in [5, 5.41) is 0. The first-order valence-electron chi connectivity index (χ1n) is 6.88. The van der Waals surface area contributed by atoms with Gasteiger partial charge >= 0.3 is 0 Å². The van der Waals surface area contributed by atoms with Crippen molar-refractivity contribution < 1.29 is 9.53 Å². The second kappa shape index (κ2) is 6.59. The molecule has 1 fully saturated rings. The Labute approximate surface area is 128 Å². The number of amides is 1. The van der Waals surface area contributed by atoms with Crippen molar-refractivity contribution in [2.45, 2.75) is 19.8 Å². The number of anilines is 1. The van der Waals surface area contributed by atoms with Crippen LogP contribution in [0.15, 0.2) is 16.6 Å². The van der Waals surface area contributed by atoms with Gasteiger partial charge in [0.1, 0.15) is 0 Å². The monoisotopic (exact) mass is 340 g/mol. The molecular formula is C15H21BrN2O2. The van der Waals surface area contributed by atoms with Crippen LogP contribution in [0.25, 0.3) is 0 Å². The normalized spacial score (nSPS) is 16.1. The summed E-state index contributed by atoms with van der Waals surface area (Å²) in [6, 6.07) is 3.67. The molecular weight excluding hydrogens is 320 g/mol. The highest BCUT2D eigenvalue weighted by atomic mass is 79.9. The van der Waals surface area contributed by atoms with Crippen molar-refractivity contribution in [1.82, 2.24) is 4.90 Å². The second-order valence-electron chi connectivity index (χ2n) is 5.41. The Kier molecular flexibility index (Phi) is 5.05. The Morgan fingerprint density at radius 3 is 2.75 bits per heavy atom. The Morgan fingerprint density at radius 2 is 2.10 bits per heavy atom. The van der Waals surface area contributed by atoms with Crippen LogP contribution in [-0.2, 0) is 4.74 Å². The van der Waals surface area contributed by atoms with Gasteiger partial charge in [0.25, 0.3) is 5.91 Å². The van der Waals surface area contributed by atoms with Crippen molar-refractivity contribution in [3.63, 3.8) is 0 Å². The minimum atomic E-state index is 0.0296. The third kappa shape index (κ3) is 3.52. The minimum absolute atomic E-state index is 0.0296. The number of carbonyl (C=O) groups excluding carboxylic acids is 1. The number of ether oxygens (including phenoxy) is 1. The molecule has 0 atom stereocenters. The molecule has 1 aromatic carbocycles.